The molecule has 2 aliphatic rings. The van der Waals surface area contributed by atoms with E-state index in [1.165, 1.54) is 0 Å². The fraction of sp³-hybridized carbons (Fsp3) is 0.444. The zero-order valence-corrected chi connectivity index (χ0v) is 21.3. The number of amides is 3. The SMILES string of the molecule is CCCC(=O)Nc1ccc2c(c1)C(=O)N(C)[C@@H]1CC[C@@H](CC(=O)NCc3ccccc3Cl)O[C@H]1CO2. The number of hydrogen-bond acceptors (Lipinski definition) is 5. The summed E-state index contributed by atoms with van der Waals surface area (Å²) in [6.45, 7) is 2.55. The third-order valence-corrected chi connectivity index (χ3v) is 6.99. The van der Waals surface area contributed by atoms with Gasteiger partial charge in [-0.05, 0) is 49.1 Å². The smallest absolute Gasteiger partial charge is 0.257 e. The van der Waals surface area contributed by atoms with Crippen LogP contribution in [-0.2, 0) is 20.9 Å². The first kappa shape index (κ1) is 26.0. The van der Waals surface area contributed by atoms with E-state index in [1.54, 1.807) is 36.2 Å². The Balaban J connectivity index is 1.38. The van der Waals surface area contributed by atoms with Crippen molar-refractivity contribution in [3.8, 4) is 5.75 Å². The molecule has 0 unspecified atom stereocenters. The van der Waals surface area contributed by atoms with Crippen LogP contribution in [0.4, 0.5) is 5.69 Å². The van der Waals surface area contributed by atoms with E-state index in [0.717, 1.165) is 12.0 Å². The molecule has 2 aromatic carbocycles. The van der Waals surface area contributed by atoms with Gasteiger partial charge in [0, 0.05) is 30.7 Å². The second-order valence-electron chi connectivity index (χ2n) is 9.25. The molecule has 3 amide bonds. The molecular formula is C27H32ClN3O5. The number of hydrogen-bond donors (Lipinski definition) is 2. The summed E-state index contributed by atoms with van der Waals surface area (Å²) in [7, 11) is 1.76. The molecule has 2 aromatic rings. The number of benzene rings is 2. The molecular weight excluding hydrogens is 482 g/mol. The standard InChI is InChI=1S/C27H32ClN3O5/c1-3-6-25(32)30-18-9-12-23-20(13-18)27(34)31(2)22-11-10-19(36-24(22)16-35-23)14-26(33)29-15-17-7-4-5-8-21(17)28/h4-5,7-9,12-13,19,22,24H,3,6,10-11,14-16H2,1-2H3,(H,29,33)(H,30,32)/t19-,22+,24-/m0/s1. The summed E-state index contributed by atoms with van der Waals surface area (Å²) in [4.78, 5) is 39.5. The monoisotopic (exact) mass is 513 g/mol. The van der Waals surface area contributed by atoms with Crippen molar-refractivity contribution < 1.29 is 23.9 Å². The summed E-state index contributed by atoms with van der Waals surface area (Å²) in [6, 6.07) is 12.3. The lowest BCUT2D eigenvalue weighted by atomic mass is 9.94. The molecule has 2 aliphatic heterocycles. The lowest BCUT2D eigenvalue weighted by molar-refractivity contribution is -0.134. The summed E-state index contributed by atoms with van der Waals surface area (Å²) < 4.78 is 12.2. The summed E-state index contributed by atoms with van der Waals surface area (Å²) >= 11 is 6.17. The van der Waals surface area contributed by atoms with Gasteiger partial charge >= 0.3 is 0 Å². The highest BCUT2D eigenvalue weighted by molar-refractivity contribution is 6.31. The highest BCUT2D eigenvalue weighted by atomic mass is 35.5. The fourth-order valence-electron chi connectivity index (χ4n) is 4.67. The van der Waals surface area contributed by atoms with Crippen LogP contribution in [0.25, 0.3) is 0 Å². The quantitative estimate of drug-likeness (QED) is 0.579. The molecule has 192 valence electrons. The van der Waals surface area contributed by atoms with Crippen LogP contribution in [0.5, 0.6) is 5.75 Å². The summed E-state index contributed by atoms with van der Waals surface area (Å²) in [5, 5.41) is 6.36. The van der Waals surface area contributed by atoms with Gasteiger partial charge in [0.15, 0.2) is 0 Å². The number of halogens is 1. The number of anilines is 1. The van der Waals surface area contributed by atoms with Crippen molar-refractivity contribution in [3.05, 3.63) is 58.6 Å². The van der Waals surface area contributed by atoms with Gasteiger partial charge < -0.3 is 25.0 Å². The van der Waals surface area contributed by atoms with E-state index in [0.29, 0.717) is 47.8 Å². The van der Waals surface area contributed by atoms with Crippen LogP contribution in [0.15, 0.2) is 42.5 Å². The van der Waals surface area contributed by atoms with Gasteiger partial charge in [0.05, 0.1) is 24.1 Å². The molecule has 0 aromatic heterocycles. The lowest BCUT2D eigenvalue weighted by Crippen LogP contribution is -2.53. The molecule has 1 fully saturated rings. The van der Waals surface area contributed by atoms with Crippen LogP contribution in [0.3, 0.4) is 0 Å². The molecule has 0 radical (unpaired) electrons. The minimum absolute atomic E-state index is 0.0901. The summed E-state index contributed by atoms with van der Waals surface area (Å²) in [5.74, 6) is 0.0538. The zero-order chi connectivity index (χ0) is 25.7. The minimum Gasteiger partial charge on any atom is -0.490 e. The van der Waals surface area contributed by atoms with Gasteiger partial charge in [0.2, 0.25) is 11.8 Å². The molecule has 8 nitrogen and oxygen atoms in total. The molecule has 36 heavy (non-hydrogen) atoms. The first-order valence-corrected chi connectivity index (χ1v) is 12.7. The highest BCUT2D eigenvalue weighted by Gasteiger charge is 2.39. The van der Waals surface area contributed by atoms with E-state index in [1.807, 2.05) is 25.1 Å². The van der Waals surface area contributed by atoms with Gasteiger partial charge in [0.25, 0.3) is 5.91 Å². The van der Waals surface area contributed by atoms with E-state index in [9.17, 15) is 14.4 Å². The van der Waals surface area contributed by atoms with Crippen LogP contribution in [0, 0.1) is 0 Å². The molecule has 0 bridgehead atoms. The van der Waals surface area contributed by atoms with Gasteiger partial charge in [-0.1, -0.05) is 36.7 Å². The maximum absolute atomic E-state index is 13.3. The van der Waals surface area contributed by atoms with Gasteiger partial charge in [-0.25, -0.2) is 0 Å². The number of likely N-dealkylation sites (N-methyl/N-ethyl adjacent to an activating group) is 1. The van der Waals surface area contributed by atoms with E-state index in [2.05, 4.69) is 10.6 Å². The predicted molar refractivity (Wildman–Crippen MR) is 137 cm³/mol. The van der Waals surface area contributed by atoms with Gasteiger partial charge in [0.1, 0.15) is 18.5 Å². The van der Waals surface area contributed by atoms with Crippen LogP contribution in [0.2, 0.25) is 5.02 Å². The first-order chi connectivity index (χ1) is 17.4. The van der Waals surface area contributed by atoms with Crippen molar-refractivity contribution in [3.63, 3.8) is 0 Å². The van der Waals surface area contributed by atoms with E-state index >= 15 is 0 Å². The Morgan fingerprint density at radius 1 is 1.14 bits per heavy atom. The summed E-state index contributed by atoms with van der Waals surface area (Å²) in [6.07, 6.45) is 2.11. The van der Waals surface area contributed by atoms with Gasteiger partial charge in [-0.15, -0.1) is 0 Å². The number of carbonyl (C=O) groups is 3. The fourth-order valence-corrected chi connectivity index (χ4v) is 4.87. The Morgan fingerprint density at radius 2 is 1.94 bits per heavy atom. The second-order valence-corrected chi connectivity index (χ2v) is 9.66. The second kappa shape index (κ2) is 11.8. The lowest BCUT2D eigenvalue weighted by Gasteiger charge is -2.42. The molecule has 9 heteroatoms. The van der Waals surface area contributed by atoms with E-state index in [4.69, 9.17) is 21.1 Å². The average Bonchev–Trinajstić information content (AvgIpc) is 2.86. The van der Waals surface area contributed by atoms with Crippen molar-refractivity contribution in [2.45, 2.75) is 63.8 Å². The topological polar surface area (TPSA) is 97.0 Å². The molecule has 0 spiro atoms. The third kappa shape index (κ3) is 6.17. The maximum Gasteiger partial charge on any atom is 0.257 e. The third-order valence-electron chi connectivity index (χ3n) is 6.62. The van der Waals surface area contributed by atoms with Crippen LogP contribution in [0.1, 0.15) is 54.9 Å². The van der Waals surface area contributed by atoms with Crippen LogP contribution < -0.4 is 15.4 Å². The maximum atomic E-state index is 13.3. The van der Waals surface area contributed by atoms with Gasteiger partial charge in [-0.3, -0.25) is 14.4 Å². The number of carbonyl (C=O) groups excluding carboxylic acids is 3. The van der Waals surface area contributed by atoms with Crippen molar-refractivity contribution in [2.75, 3.05) is 19.0 Å². The molecule has 1 saturated heterocycles. The van der Waals surface area contributed by atoms with Crippen molar-refractivity contribution in [2.24, 2.45) is 0 Å². The number of nitrogens with zero attached hydrogens (tertiary/aromatic N) is 1. The largest absolute Gasteiger partial charge is 0.490 e. The van der Waals surface area contributed by atoms with Crippen LogP contribution in [-0.4, -0.2) is 54.5 Å². The first-order valence-electron chi connectivity index (χ1n) is 12.3. The number of ether oxygens (including phenoxy) is 2. The Bertz CT molecular complexity index is 1120. The van der Waals surface area contributed by atoms with Gasteiger partial charge in [-0.2, -0.15) is 0 Å². The normalized spacial score (nSPS) is 21.4. The predicted octanol–water partition coefficient (Wildman–Crippen LogP) is 4.17. The molecule has 4 rings (SSSR count). The molecule has 0 aliphatic carbocycles. The van der Waals surface area contributed by atoms with Crippen molar-refractivity contribution in [1.29, 1.82) is 0 Å². The molecule has 2 heterocycles. The highest BCUT2D eigenvalue weighted by Crippen LogP contribution is 2.32. The number of fused-ring (bicyclic) bond motifs is 2. The Kier molecular flexibility index (Phi) is 8.48. The van der Waals surface area contributed by atoms with Crippen LogP contribution >= 0.6 is 11.6 Å². The Morgan fingerprint density at radius 3 is 2.72 bits per heavy atom. The number of nitrogens with one attached hydrogen (secondary N) is 2. The van der Waals surface area contributed by atoms with Crippen molar-refractivity contribution >= 4 is 35.0 Å². The molecule has 2 N–H and O–H groups in total. The average molecular weight is 514 g/mol. The Hall–Kier alpha value is -3.10. The van der Waals surface area contributed by atoms with E-state index < -0.39 is 0 Å². The molecule has 3 atom stereocenters. The Labute approximate surface area is 216 Å². The molecule has 0 saturated carbocycles. The van der Waals surface area contributed by atoms with E-state index in [-0.39, 0.29) is 49.0 Å². The van der Waals surface area contributed by atoms with Crippen molar-refractivity contribution in [1.82, 2.24) is 10.2 Å². The minimum atomic E-state index is -0.355. The zero-order valence-electron chi connectivity index (χ0n) is 20.6. The summed E-state index contributed by atoms with van der Waals surface area (Å²) in [5.41, 5.74) is 1.83. The number of rotatable bonds is 7.